The summed E-state index contributed by atoms with van der Waals surface area (Å²) < 4.78 is 7.64. The highest BCUT2D eigenvalue weighted by molar-refractivity contribution is 7.19. The maximum atomic E-state index is 11.6. The lowest BCUT2D eigenvalue weighted by Crippen LogP contribution is -2.08. The highest BCUT2D eigenvalue weighted by atomic mass is 32.1. The molecule has 0 saturated heterocycles. The van der Waals surface area contributed by atoms with Crippen molar-refractivity contribution in [3.63, 3.8) is 0 Å². The highest BCUT2D eigenvalue weighted by Gasteiger charge is 2.31. The predicted molar refractivity (Wildman–Crippen MR) is 132 cm³/mol. The number of aromatic carboxylic acids is 1. The Morgan fingerprint density at radius 3 is 2.74 bits per heavy atom. The number of rotatable bonds is 6. The number of benzene rings is 1. The van der Waals surface area contributed by atoms with Gasteiger partial charge in [-0.1, -0.05) is 11.3 Å². The first kappa shape index (κ1) is 22.7. The lowest BCUT2D eigenvalue weighted by atomic mass is 9.95. The summed E-state index contributed by atoms with van der Waals surface area (Å²) in [5.74, 6) is -0.791. The van der Waals surface area contributed by atoms with E-state index in [0.29, 0.717) is 36.0 Å². The Morgan fingerprint density at radius 1 is 1.23 bits per heavy atom. The number of amides is 1. The average molecular weight is 490 g/mol. The van der Waals surface area contributed by atoms with Gasteiger partial charge in [0.2, 0.25) is 5.91 Å². The Morgan fingerprint density at radius 2 is 2.06 bits per heavy atom. The molecule has 9 nitrogen and oxygen atoms in total. The van der Waals surface area contributed by atoms with Gasteiger partial charge in [0.15, 0.2) is 5.13 Å². The molecule has 0 spiro atoms. The number of carboxylic acids is 1. The van der Waals surface area contributed by atoms with Crippen LogP contribution in [0.25, 0.3) is 27.5 Å². The summed E-state index contributed by atoms with van der Waals surface area (Å²) in [5, 5.41) is 17.8. The molecule has 1 aliphatic carbocycles. The minimum Gasteiger partial charge on any atom is -0.492 e. The fraction of sp³-hybridized carbons (Fsp3) is 0.240. The summed E-state index contributed by atoms with van der Waals surface area (Å²) in [6.45, 7) is 5.60. The van der Waals surface area contributed by atoms with E-state index >= 15 is 0 Å². The summed E-state index contributed by atoms with van der Waals surface area (Å²) in [7, 11) is 0. The van der Waals surface area contributed by atoms with Gasteiger partial charge in [0.25, 0.3) is 0 Å². The van der Waals surface area contributed by atoms with Crippen LogP contribution >= 0.6 is 11.3 Å². The molecule has 10 heteroatoms. The predicted octanol–water partition coefficient (Wildman–Crippen LogP) is 4.52. The molecule has 1 aliphatic rings. The molecule has 1 aromatic carbocycles. The second kappa shape index (κ2) is 8.95. The summed E-state index contributed by atoms with van der Waals surface area (Å²) in [4.78, 5) is 33.2. The number of carbonyl (C=O) groups excluding carboxylic acids is 1. The van der Waals surface area contributed by atoms with Gasteiger partial charge >= 0.3 is 5.97 Å². The minimum absolute atomic E-state index is 0.132. The van der Waals surface area contributed by atoms with Crippen molar-refractivity contribution in [1.29, 1.82) is 0 Å². The van der Waals surface area contributed by atoms with E-state index in [1.807, 2.05) is 32.2 Å². The summed E-state index contributed by atoms with van der Waals surface area (Å²) in [5.41, 5.74) is 6.16. The van der Waals surface area contributed by atoms with Crippen molar-refractivity contribution in [3.8, 4) is 33.3 Å². The number of aromatic nitrogens is 4. The monoisotopic (exact) mass is 489 g/mol. The number of nitrogens with zero attached hydrogens (tertiary/aromatic N) is 4. The van der Waals surface area contributed by atoms with Crippen molar-refractivity contribution in [3.05, 3.63) is 59.0 Å². The van der Waals surface area contributed by atoms with Gasteiger partial charge in [-0.2, -0.15) is 5.10 Å². The number of fused-ring (bicyclic) bond motifs is 3. The molecule has 35 heavy (non-hydrogen) atoms. The van der Waals surface area contributed by atoms with Crippen molar-refractivity contribution in [2.45, 2.75) is 33.6 Å². The molecule has 0 saturated carbocycles. The van der Waals surface area contributed by atoms with Crippen LogP contribution in [0.3, 0.4) is 0 Å². The molecule has 0 aliphatic heterocycles. The summed E-state index contributed by atoms with van der Waals surface area (Å²) in [6.07, 6.45) is 3.24. The maximum absolute atomic E-state index is 11.6. The van der Waals surface area contributed by atoms with Crippen LogP contribution in [0, 0.1) is 6.92 Å². The number of thiazole rings is 1. The SMILES string of the molecule is CCOc1cc(C(=O)O)ccc1-n1nc(-c2ccc(C)nc2)c2c1-c1sc(NC(C)=O)nc1CC2. The Balaban J connectivity index is 1.76. The van der Waals surface area contributed by atoms with Crippen LogP contribution in [0.2, 0.25) is 0 Å². The molecule has 0 unspecified atom stereocenters. The molecule has 1 amide bonds. The number of aryl methyl sites for hydroxylation is 2. The van der Waals surface area contributed by atoms with Gasteiger partial charge in [0, 0.05) is 29.9 Å². The Kier molecular flexibility index (Phi) is 5.81. The van der Waals surface area contributed by atoms with Crippen LogP contribution in [-0.4, -0.2) is 43.3 Å². The van der Waals surface area contributed by atoms with Gasteiger partial charge in [0.05, 0.1) is 34.1 Å². The number of hydrogen-bond acceptors (Lipinski definition) is 7. The lowest BCUT2D eigenvalue weighted by molar-refractivity contribution is -0.114. The van der Waals surface area contributed by atoms with Gasteiger partial charge in [0.1, 0.15) is 11.4 Å². The molecule has 0 fully saturated rings. The Hall–Kier alpha value is -4.05. The topological polar surface area (TPSA) is 119 Å². The van der Waals surface area contributed by atoms with Crippen LogP contribution in [0.4, 0.5) is 5.13 Å². The molecular formula is C25H23N5O4S. The largest absolute Gasteiger partial charge is 0.492 e. The molecule has 5 rings (SSSR count). The van der Waals surface area contributed by atoms with E-state index in [4.69, 9.17) is 9.84 Å². The zero-order valence-corrected chi connectivity index (χ0v) is 20.3. The smallest absolute Gasteiger partial charge is 0.335 e. The third-order valence-corrected chi connectivity index (χ3v) is 6.73. The summed E-state index contributed by atoms with van der Waals surface area (Å²) in [6, 6.07) is 8.71. The minimum atomic E-state index is -1.03. The van der Waals surface area contributed by atoms with Crippen LogP contribution in [0.15, 0.2) is 36.5 Å². The Bertz CT molecular complexity index is 1460. The fourth-order valence-electron chi connectivity index (χ4n) is 4.18. The Labute approximate surface area is 205 Å². The third kappa shape index (κ3) is 4.17. The fourth-order valence-corrected chi connectivity index (χ4v) is 5.30. The van der Waals surface area contributed by atoms with E-state index in [2.05, 4.69) is 15.3 Å². The van der Waals surface area contributed by atoms with E-state index in [0.717, 1.165) is 38.8 Å². The van der Waals surface area contributed by atoms with Gasteiger partial charge < -0.3 is 15.2 Å². The van der Waals surface area contributed by atoms with E-state index in [1.165, 1.54) is 24.3 Å². The van der Waals surface area contributed by atoms with Crippen molar-refractivity contribution in [2.75, 3.05) is 11.9 Å². The van der Waals surface area contributed by atoms with Gasteiger partial charge in [-0.3, -0.25) is 9.78 Å². The molecule has 3 heterocycles. The van der Waals surface area contributed by atoms with E-state index < -0.39 is 5.97 Å². The van der Waals surface area contributed by atoms with Crippen LogP contribution in [-0.2, 0) is 17.6 Å². The number of hydrogen-bond donors (Lipinski definition) is 2. The molecule has 3 aromatic heterocycles. The van der Waals surface area contributed by atoms with Crippen molar-refractivity contribution in [2.24, 2.45) is 0 Å². The van der Waals surface area contributed by atoms with Crippen molar-refractivity contribution < 1.29 is 19.4 Å². The number of anilines is 1. The maximum Gasteiger partial charge on any atom is 0.335 e. The third-order valence-electron chi connectivity index (χ3n) is 5.71. The molecule has 0 radical (unpaired) electrons. The molecule has 178 valence electrons. The van der Waals surface area contributed by atoms with Crippen molar-refractivity contribution >= 4 is 28.3 Å². The average Bonchev–Trinajstić information content (AvgIpc) is 3.40. The first-order chi connectivity index (χ1) is 16.9. The van der Waals surface area contributed by atoms with E-state index in [1.54, 1.807) is 16.8 Å². The number of ether oxygens (including phenoxy) is 1. The highest BCUT2D eigenvalue weighted by Crippen LogP contribution is 2.45. The van der Waals surface area contributed by atoms with E-state index in [-0.39, 0.29) is 11.5 Å². The van der Waals surface area contributed by atoms with Crippen molar-refractivity contribution in [1.82, 2.24) is 19.7 Å². The molecular weight excluding hydrogens is 466 g/mol. The second-order valence-electron chi connectivity index (χ2n) is 8.17. The van der Waals surface area contributed by atoms with Crippen LogP contribution in [0.5, 0.6) is 5.75 Å². The second-order valence-corrected chi connectivity index (χ2v) is 9.17. The number of carbonyl (C=O) groups is 2. The van der Waals surface area contributed by atoms with Gasteiger partial charge in [-0.25, -0.2) is 14.5 Å². The lowest BCUT2D eigenvalue weighted by Gasteiger charge is -2.16. The summed E-state index contributed by atoms with van der Waals surface area (Å²) >= 11 is 1.40. The quantitative estimate of drug-likeness (QED) is 0.409. The van der Waals surface area contributed by atoms with E-state index in [9.17, 15) is 14.7 Å². The first-order valence-corrected chi connectivity index (χ1v) is 12.0. The number of pyridine rings is 1. The normalized spacial score (nSPS) is 12.1. The molecule has 2 N–H and O–H groups in total. The van der Waals surface area contributed by atoms with Crippen LogP contribution in [0.1, 0.15) is 41.2 Å². The zero-order valence-electron chi connectivity index (χ0n) is 19.5. The zero-order chi connectivity index (χ0) is 24.7. The molecule has 0 atom stereocenters. The molecule has 0 bridgehead atoms. The van der Waals surface area contributed by atoms with Crippen LogP contribution < -0.4 is 10.1 Å². The number of nitrogens with one attached hydrogen (secondary N) is 1. The first-order valence-electron chi connectivity index (χ1n) is 11.2. The van der Waals surface area contributed by atoms with Gasteiger partial charge in [-0.15, -0.1) is 0 Å². The van der Waals surface area contributed by atoms with Gasteiger partial charge in [-0.05, 0) is 57.0 Å². The number of carboxylic acid groups (broad SMARTS) is 1. The standard InChI is InChI=1S/C25H23N5O4S/c1-4-34-20-11-15(24(32)33)7-10-19(20)30-22-17(21(29-30)16-6-5-13(2)26-12-16)8-9-18-23(22)35-25(28-18)27-14(3)31/h5-7,10-12H,4,8-9H2,1-3H3,(H,32,33)(H,27,28,31). The molecule has 4 aromatic rings.